The van der Waals surface area contributed by atoms with E-state index in [-0.39, 0.29) is 5.82 Å². The van der Waals surface area contributed by atoms with Crippen LogP contribution in [0.15, 0.2) is 23.2 Å². The lowest BCUT2D eigenvalue weighted by Crippen LogP contribution is -2.38. The van der Waals surface area contributed by atoms with Crippen molar-refractivity contribution in [3.8, 4) is 0 Å². The minimum atomic E-state index is -0.182. The first-order valence-corrected chi connectivity index (χ1v) is 8.65. The highest BCUT2D eigenvalue weighted by atomic mass is 19.1. The summed E-state index contributed by atoms with van der Waals surface area (Å²) in [7, 11) is 1.74. The molecule has 0 unspecified atom stereocenters. The van der Waals surface area contributed by atoms with Crippen molar-refractivity contribution in [3.63, 3.8) is 0 Å². The van der Waals surface area contributed by atoms with Crippen molar-refractivity contribution in [2.24, 2.45) is 10.9 Å². The number of nitrogens with zero attached hydrogens (tertiary/aromatic N) is 2. The van der Waals surface area contributed by atoms with Crippen molar-refractivity contribution in [1.82, 2.24) is 10.6 Å². The monoisotopic (exact) mass is 336 g/mol. The number of halogens is 1. The van der Waals surface area contributed by atoms with Crippen LogP contribution in [0.2, 0.25) is 0 Å². The first-order valence-electron chi connectivity index (χ1n) is 8.65. The Kier molecular flexibility index (Phi) is 7.31. The molecule has 0 saturated carbocycles. The van der Waals surface area contributed by atoms with Crippen molar-refractivity contribution >= 4 is 11.6 Å². The van der Waals surface area contributed by atoms with Gasteiger partial charge in [-0.15, -0.1) is 0 Å². The van der Waals surface area contributed by atoms with E-state index in [1.807, 2.05) is 17.0 Å². The molecule has 134 valence electrons. The summed E-state index contributed by atoms with van der Waals surface area (Å²) >= 11 is 0. The molecule has 1 aliphatic rings. The molecule has 1 aromatic carbocycles. The van der Waals surface area contributed by atoms with Gasteiger partial charge in [0.05, 0.1) is 18.9 Å². The van der Waals surface area contributed by atoms with E-state index in [2.05, 4.69) is 29.5 Å². The number of hydrogen-bond donors (Lipinski definition) is 2. The highest BCUT2D eigenvalue weighted by Crippen LogP contribution is 2.21. The number of aliphatic imine (C=N–C) groups is 1. The lowest BCUT2D eigenvalue weighted by molar-refractivity contribution is 0.122. The molecule has 0 aromatic heterocycles. The fourth-order valence-corrected chi connectivity index (χ4v) is 2.61. The van der Waals surface area contributed by atoms with Crippen LogP contribution in [-0.2, 0) is 11.3 Å². The Morgan fingerprint density at radius 3 is 2.67 bits per heavy atom. The van der Waals surface area contributed by atoms with Gasteiger partial charge in [0.15, 0.2) is 5.96 Å². The molecule has 0 spiro atoms. The van der Waals surface area contributed by atoms with E-state index in [0.29, 0.717) is 31.4 Å². The van der Waals surface area contributed by atoms with Gasteiger partial charge in [-0.3, -0.25) is 4.99 Å². The van der Waals surface area contributed by atoms with Crippen molar-refractivity contribution in [2.45, 2.75) is 26.8 Å². The molecule has 2 rings (SSSR count). The van der Waals surface area contributed by atoms with E-state index in [0.717, 1.165) is 37.6 Å². The molecule has 0 atom stereocenters. The average Bonchev–Trinajstić information content (AvgIpc) is 2.58. The van der Waals surface area contributed by atoms with E-state index in [1.165, 1.54) is 0 Å². The van der Waals surface area contributed by atoms with Gasteiger partial charge >= 0.3 is 0 Å². The molecule has 1 heterocycles. The van der Waals surface area contributed by atoms with Gasteiger partial charge in [0, 0.05) is 33.2 Å². The van der Waals surface area contributed by atoms with Gasteiger partial charge in [-0.2, -0.15) is 0 Å². The van der Waals surface area contributed by atoms with Gasteiger partial charge in [-0.25, -0.2) is 4.39 Å². The molecule has 2 N–H and O–H groups in total. The molecule has 0 bridgehead atoms. The summed E-state index contributed by atoms with van der Waals surface area (Å²) in [5, 5.41) is 6.50. The number of ether oxygens (including phenoxy) is 1. The Morgan fingerprint density at radius 2 is 2.04 bits per heavy atom. The highest BCUT2D eigenvalue weighted by Gasteiger charge is 2.15. The van der Waals surface area contributed by atoms with Crippen molar-refractivity contribution in [3.05, 3.63) is 29.6 Å². The first kappa shape index (κ1) is 18.5. The summed E-state index contributed by atoms with van der Waals surface area (Å²) in [5.41, 5.74) is 1.55. The second-order valence-electron chi connectivity index (χ2n) is 6.42. The van der Waals surface area contributed by atoms with E-state index >= 15 is 0 Å². The predicted octanol–water partition coefficient (Wildman–Crippen LogP) is 2.37. The minimum Gasteiger partial charge on any atom is -0.378 e. The normalized spacial score (nSPS) is 15.7. The quantitative estimate of drug-likeness (QED) is 0.619. The number of rotatable bonds is 6. The van der Waals surface area contributed by atoms with Gasteiger partial charge in [0.1, 0.15) is 5.82 Å². The van der Waals surface area contributed by atoms with Crippen molar-refractivity contribution in [2.75, 3.05) is 44.8 Å². The summed E-state index contributed by atoms with van der Waals surface area (Å²) in [6.45, 7) is 8.58. The molecular formula is C18H29FN4O. The Bertz CT molecular complexity index is 542. The summed E-state index contributed by atoms with van der Waals surface area (Å²) in [6.07, 6.45) is 1.09. The van der Waals surface area contributed by atoms with E-state index in [1.54, 1.807) is 13.1 Å². The zero-order valence-corrected chi connectivity index (χ0v) is 14.9. The fourth-order valence-electron chi connectivity index (χ4n) is 2.61. The molecule has 1 aromatic rings. The highest BCUT2D eigenvalue weighted by molar-refractivity contribution is 5.79. The molecule has 5 nitrogen and oxygen atoms in total. The van der Waals surface area contributed by atoms with Gasteiger partial charge < -0.3 is 20.3 Å². The topological polar surface area (TPSA) is 48.9 Å². The van der Waals surface area contributed by atoms with Gasteiger partial charge in [-0.05, 0) is 30.0 Å². The van der Waals surface area contributed by atoms with Crippen LogP contribution in [0.1, 0.15) is 25.8 Å². The third-order valence-corrected chi connectivity index (χ3v) is 4.06. The summed E-state index contributed by atoms with van der Waals surface area (Å²) in [5.74, 6) is 1.21. The third-order valence-electron chi connectivity index (χ3n) is 4.06. The van der Waals surface area contributed by atoms with Crippen LogP contribution >= 0.6 is 0 Å². The van der Waals surface area contributed by atoms with Crippen molar-refractivity contribution < 1.29 is 9.13 Å². The molecule has 0 radical (unpaired) electrons. The van der Waals surface area contributed by atoms with Crippen LogP contribution < -0.4 is 15.5 Å². The molecule has 0 aliphatic carbocycles. The second kappa shape index (κ2) is 9.47. The van der Waals surface area contributed by atoms with Crippen LogP contribution in [0, 0.1) is 11.7 Å². The molecule has 1 saturated heterocycles. The lowest BCUT2D eigenvalue weighted by Gasteiger charge is -2.29. The molecule has 6 heteroatoms. The smallest absolute Gasteiger partial charge is 0.191 e. The number of benzene rings is 1. The summed E-state index contributed by atoms with van der Waals surface area (Å²) in [4.78, 5) is 6.22. The number of nitrogens with one attached hydrogen (secondary N) is 2. The second-order valence-corrected chi connectivity index (χ2v) is 6.42. The van der Waals surface area contributed by atoms with Gasteiger partial charge in [0.25, 0.3) is 0 Å². The first-order chi connectivity index (χ1) is 11.6. The van der Waals surface area contributed by atoms with Crippen LogP contribution in [0.25, 0.3) is 0 Å². The van der Waals surface area contributed by atoms with Gasteiger partial charge in [-0.1, -0.05) is 19.9 Å². The zero-order valence-electron chi connectivity index (χ0n) is 14.9. The molecule has 24 heavy (non-hydrogen) atoms. The third kappa shape index (κ3) is 5.67. The summed E-state index contributed by atoms with van der Waals surface area (Å²) in [6, 6.07) is 5.41. The maximum atomic E-state index is 14.4. The van der Waals surface area contributed by atoms with E-state index < -0.39 is 0 Å². The molecule has 0 amide bonds. The van der Waals surface area contributed by atoms with Crippen LogP contribution in [0.4, 0.5) is 10.1 Å². The average molecular weight is 336 g/mol. The Hall–Kier alpha value is -1.82. The van der Waals surface area contributed by atoms with E-state index in [4.69, 9.17) is 4.74 Å². The Labute approximate surface area is 144 Å². The van der Waals surface area contributed by atoms with Crippen LogP contribution in [0.5, 0.6) is 0 Å². The standard InChI is InChI=1S/C18H29FN4O/c1-14(2)6-7-21-18(20-3)22-13-15-4-5-17(16(19)12-15)23-8-10-24-11-9-23/h4-5,12,14H,6-11,13H2,1-3H3,(H2,20,21,22). The maximum Gasteiger partial charge on any atom is 0.191 e. The maximum absolute atomic E-state index is 14.4. The SMILES string of the molecule is CN=C(NCCC(C)C)NCc1ccc(N2CCOCC2)c(F)c1. The number of guanidine groups is 1. The van der Waals surface area contributed by atoms with Crippen LogP contribution in [0.3, 0.4) is 0 Å². The predicted molar refractivity (Wildman–Crippen MR) is 97.1 cm³/mol. The Morgan fingerprint density at radius 1 is 1.29 bits per heavy atom. The number of morpholine rings is 1. The molecule has 1 fully saturated rings. The molecule has 1 aliphatic heterocycles. The van der Waals surface area contributed by atoms with Crippen LogP contribution in [-0.4, -0.2) is 45.9 Å². The number of anilines is 1. The van der Waals surface area contributed by atoms with Crippen molar-refractivity contribution in [1.29, 1.82) is 0 Å². The fraction of sp³-hybridized carbons (Fsp3) is 0.611. The Balaban J connectivity index is 1.87. The van der Waals surface area contributed by atoms with Gasteiger partial charge in [0.2, 0.25) is 0 Å². The lowest BCUT2D eigenvalue weighted by atomic mass is 10.1. The largest absolute Gasteiger partial charge is 0.378 e. The minimum absolute atomic E-state index is 0.182. The molecular weight excluding hydrogens is 307 g/mol. The van der Waals surface area contributed by atoms with E-state index in [9.17, 15) is 4.39 Å². The number of hydrogen-bond acceptors (Lipinski definition) is 3. The zero-order chi connectivity index (χ0) is 17.4. The summed E-state index contributed by atoms with van der Waals surface area (Å²) < 4.78 is 19.7.